The molecule has 1 unspecified atom stereocenters. The van der Waals surface area contributed by atoms with Crippen LogP contribution in [-0.2, 0) is 11.3 Å². The first-order valence-corrected chi connectivity index (χ1v) is 5.70. The quantitative estimate of drug-likeness (QED) is 0.761. The average Bonchev–Trinajstić information content (AvgIpc) is 2.81. The van der Waals surface area contributed by atoms with E-state index in [4.69, 9.17) is 5.11 Å². The highest BCUT2D eigenvalue weighted by atomic mass is 16.4. The van der Waals surface area contributed by atoms with Crippen LogP contribution in [-0.4, -0.2) is 51.9 Å². The standard InChI is InChI=1S/C11H18N4O3/c1-9(10(16)17)8-14(2)11(18)12-5-7-15-6-3-4-13-15/h3-4,6,9H,5,7-8H2,1-2H3,(H,12,18)(H,16,17). The molecule has 0 spiro atoms. The van der Waals surface area contributed by atoms with E-state index in [0.29, 0.717) is 13.1 Å². The molecule has 1 atom stereocenters. The SMILES string of the molecule is CC(CN(C)C(=O)NCCn1cccn1)C(=O)O. The molecular weight excluding hydrogens is 236 g/mol. The summed E-state index contributed by atoms with van der Waals surface area (Å²) in [7, 11) is 1.57. The van der Waals surface area contributed by atoms with Gasteiger partial charge in [0, 0.05) is 32.5 Å². The van der Waals surface area contributed by atoms with Gasteiger partial charge in [0.05, 0.1) is 12.5 Å². The number of nitrogens with one attached hydrogen (secondary N) is 1. The first-order valence-electron chi connectivity index (χ1n) is 5.70. The van der Waals surface area contributed by atoms with E-state index in [1.165, 1.54) is 4.90 Å². The monoisotopic (exact) mass is 254 g/mol. The predicted octanol–water partition coefficient (Wildman–Crippen LogP) is 0.245. The number of urea groups is 1. The Hall–Kier alpha value is -2.05. The first-order chi connectivity index (χ1) is 8.50. The molecule has 0 aromatic carbocycles. The summed E-state index contributed by atoms with van der Waals surface area (Å²) in [5.41, 5.74) is 0. The number of aromatic nitrogens is 2. The van der Waals surface area contributed by atoms with Crippen LogP contribution in [0.2, 0.25) is 0 Å². The smallest absolute Gasteiger partial charge is 0.317 e. The second-order valence-corrected chi connectivity index (χ2v) is 4.12. The lowest BCUT2D eigenvalue weighted by Crippen LogP contribution is -2.41. The van der Waals surface area contributed by atoms with Crippen molar-refractivity contribution in [2.24, 2.45) is 5.92 Å². The van der Waals surface area contributed by atoms with Gasteiger partial charge >= 0.3 is 12.0 Å². The highest BCUT2D eigenvalue weighted by molar-refractivity contribution is 5.75. The van der Waals surface area contributed by atoms with Gasteiger partial charge in [-0.3, -0.25) is 9.48 Å². The molecule has 0 aliphatic carbocycles. The zero-order chi connectivity index (χ0) is 13.5. The van der Waals surface area contributed by atoms with Crippen LogP contribution in [0.3, 0.4) is 0 Å². The minimum atomic E-state index is -0.911. The van der Waals surface area contributed by atoms with E-state index in [9.17, 15) is 9.59 Å². The lowest BCUT2D eigenvalue weighted by molar-refractivity contribution is -0.141. The van der Waals surface area contributed by atoms with E-state index in [1.807, 2.05) is 12.3 Å². The minimum absolute atomic E-state index is 0.183. The Labute approximate surface area is 105 Å². The number of hydrogen-bond acceptors (Lipinski definition) is 3. The molecule has 0 fully saturated rings. The Morgan fingerprint density at radius 3 is 2.83 bits per heavy atom. The van der Waals surface area contributed by atoms with Crippen LogP contribution in [0, 0.1) is 5.92 Å². The summed E-state index contributed by atoms with van der Waals surface area (Å²) < 4.78 is 1.71. The number of hydrogen-bond donors (Lipinski definition) is 2. The van der Waals surface area contributed by atoms with Crippen molar-refractivity contribution in [3.63, 3.8) is 0 Å². The Morgan fingerprint density at radius 2 is 2.28 bits per heavy atom. The molecule has 100 valence electrons. The molecular formula is C11H18N4O3. The topological polar surface area (TPSA) is 87.5 Å². The highest BCUT2D eigenvalue weighted by Crippen LogP contribution is 1.98. The summed E-state index contributed by atoms with van der Waals surface area (Å²) in [5.74, 6) is -1.49. The molecule has 7 heteroatoms. The Bertz CT molecular complexity index is 391. The van der Waals surface area contributed by atoms with Crippen molar-refractivity contribution in [3.8, 4) is 0 Å². The van der Waals surface area contributed by atoms with E-state index < -0.39 is 11.9 Å². The minimum Gasteiger partial charge on any atom is -0.481 e. The number of amides is 2. The summed E-state index contributed by atoms with van der Waals surface area (Å²) in [6, 6.07) is 1.53. The molecule has 0 radical (unpaired) electrons. The van der Waals surface area contributed by atoms with Crippen LogP contribution in [0.5, 0.6) is 0 Å². The van der Waals surface area contributed by atoms with Crippen LogP contribution in [0.4, 0.5) is 4.79 Å². The summed E-state index contributed by atoms with van der Waals surface area (Å²) in [6.45, 7) is 2.78. The summed E-state index contributed by atoms with van der Waals surface area (Å²) >= 11 is 0. The molecule has 0 aliphatic heterocycles. The normalized spacial score (nSPS) is 11.9. The van der Waals surface area contributed by atoms with E-state index in [2.05, 4.69) is 10.4 Å². The van der Waals surface area contributed by atoms with Crippen molar-refractivity contribution in [3.05, 3.63) is 18.5 Å². The van der Waals surface area contributed by atoms with Gasteiger partial charge in [0.2, 0.25) is 0 Å². The van der Waals surface area contributed by atoms with Crippen LogP contribution in [0.15, 0.2) is 18.5 Å². The highest BCUT2D eigenvalue weighted by Gasteiger charge is 2.16. The van der Waals surface area contributed by atoms with Gasteiger partial charge in [-0.05, 0) is 6.07 Å². The number of aliphatic carboxylic acids is 1. The maximum absolute atomic E-state index is 11.6. The van der Waals surface area contributed by atoms with Crippen LogP contribution >= 0.6 is 0 Å². The molecule has 0 saturated heterocycles. The number of rotatable bonds is 6. The third-order valence-electron chi connectivity index (χ3n) is 2.49. The van der Waals surface area contributed by atoms with Gasteiger partial charge in [0.25, 0.3) is 0 Å². The third-order valence-corrected chi connectivity index (χ3v) is 2.49. The molecule has 1 heterocycles. The number of carbonyl (C=O) groups excluding carboxylic acids is 1. The molecule has 0 saturated carbocycles. The molecule has 2 amide bonds. The Morgan fingerprint density at radius 1 is 1.56 bits per heavy atom. The maximum atomic E-state index is 11.6. The van der Waals surface area contributed by atoms with Crippen molar-refractivity contribution >= 4 is 12.0 Å². The molecule has 7 nitrogen and oxygen atoms in total. The molecule has 1 rings (SSSR count). The van der Waals surface area contributed by atoms with E-state index in [-0.39, 0.29) is 12.6 Å². The van der Waals surface area contributed by atoms with Crippen molar-refractivity contribution in [1.82, 2.24) is 20.0 Å². The van der Waals surface area contributed by atoms with Crippen molar-refractivity contribution in [1.29, 1.82) is 0 Å². The molecule has 0 bridgehead atoms. The zero-order valence-electron chi connectivity index (χ0n) is 10.5. The largest absolute Gasteiger partial charge is 0.481 e. The lowest BCUT2D eigenvalue weighted by Gasteiger charge is -2.19. The van der Waals surface area contributed by atoms with Crippen LogP contribution in [0.1, 0.15) is 6.92 Å². The number of carbonyl (C=O) groups is 2. The molecule has 1 aromatic rings. The summed E-state index contributed by atoms with van der Waals surface area (Å²) in [4.78, 5) is 23.6. The molecule has 0 aliphatic rings. The second-order valence-electron chi connectivity index (χ2n) is 4.12. The van der Waals surface area contributed by atoms with Gasteiger partial charge < -0.3 is 15.3 Å². The Balaban J connectivity index is 2.25. The summed E-state index contributed by atoms with van der Waals surface area (Å²) in [6.07, 6.45) is 3.48. The fourth-order valence-electron chi connectivity index (χ4n) is 1.42. The zero-order valence-corrected chi connectivity index (χ0v) is 10.5. The predicted molar refractivity (Wildman–Crippen MR) is 65.1 cm³/mol. The van der Waals surface area contributed by atoms with E-state index >= 15 is 0 Å². The van der Waals surface area contributed by atoms with Gasteiger partial charge in [-0.1, -0.05) is 6.92 Å². The maximum Gasteiger partial charge on any atom is 0.317 e. The van der Waals surface area contributed by atoms with Crippen molar-refractivity contribution in [2.75, 3.05) is 20.1 Å². The molecule has 18 heavy (non-hydrogen) atoms. The van der Waals surface area contributed by atoms with Gasteiger partial charge in [-0.25, -0.2) is 4.79 Å². The van der Waals surface area contributed by atoms with Gasteiger partial charge in [-0.15, -0.1) is 0 Å². The number of nitrogens with zero attached hydrogens (tertiary/aromatic N) is 3. The van der Waals surface area contributed by atoms with E-state index in [0.717, 1.165) is 0 Å². The van der Waals surface area contributed by atoms with Gasteiger partial charge in [0.15, 0.2) is 0 Å². The van der Waals surface area contributed by atoms with Crippen LogP contribution < -0.4 is 5.32 Å². The number of carboxylic acids is 1. The lowest BCUT2D eigenvalue weighted by atomic mass is 10.2. The third kappa shape index (κ3) is 4.44. The fraction of sp³-hybridized carbons (Fsp3) is 0.545. The van der Waals surface area contributed by atoms with Crippen molar-refractivity contribution < 1.29 is 14.7 Å². The average molecular weight is 254 g/mol. The summed E-state index contributed by atoms with van der Waals surface area (Å²) in [5, 5.41) is 15.4. The second kappa shape index (κ2) is 6.63. The molecule has 1 aromatic heterocycles. The van der Waals surface area contributed by atoms with Gasteiger partial charge in [-0.2, -0.15) is 5.10 Å². The van der Waals surface area contributed by atoms with Crippen molar-refractivity contribution in [2.45, 2.75) is 13.5 Å². The molecule has 2 N–H and O–H groups in total. The first kappa shape index (κ1) is 14.0. The number of carboxylic acid groups (broad SMARTS) is 1. The Kier molecular flexibility index (Phi) is 5.16. The fourth-order valence-corrected chi connectivity index (χ4v) is 1.42. The van der Waals surface area contributed by atoms with Gasteiger partial charge in [0.1, 0.15) is 0 Å². The van der Waals surface area contributed by atoms with Crippen LogP contribution in [0.25, 0.3) is 0 Å². The van der Waals surface area contributed by atoms with E-state index in [1.54, 1.807) is 24.9 Å².